The highest BCUT2D eigenvalue weighted by atomic mass is 16.2. The molecule has 1 heterocycles. The van der Waals surface area contributed by atoms with Crippen molar-refractivity contribution < 1.29 is 9.59 Å². The van der Waals surface area contributed by atoms with Gasteiger partial charge in [0.05, 0.1) is 0 Å². The zero-order valence-electron chi connectivity index (χ0n) is 19.1. The topological polar surface area (TPSA) is 80.2 Å². The van der Waals surface area contributed by atoms with E-state index in [-0.39, 0.29) is 22.6 Å². The van der Waals surface area contributed by atoms with Gasteiger partial charge in [-0.25, -0.2) is 0 Å². The summed E-state index contributed by atoms with van der Waals surface area (Å²) in [5.74, 6) is -0.212. The second-order valence-electron chi connectivity index (χ2n) is 9.19. The smallest absolute Gasteiger partial charge is 0.263 e. The molecule has 0 aliphatic rings. The minimum absolute atomic E-state index is 0.130. The van der Waals surface area contributed by atoms with Crippen molar-refractivity contribution in [3.63, 3.8) is 0 Å². The van der Waals surface area contributed by atoms with Crippen LogP contribution in [-0.4, -0.2) is 21.9 Å². The van der Waals surface area contributed by atoms with Crippen molar-refractivity contribution in [1.29, 1.82) is 0 Å². The van der Waals surface area contributed by atoms with Crippen molar-refractivity contribution in [1.82, 2.24) is 9.88 Å². The summed E-state index contributed by atoms with van der Waals surface area (Å²) < 4.78 is 1.59. The third kappa shape index (κ3) is 5.81. The number of nitrogens with one attached hydrogen (secondary N) is 2. The number of hydrogen-bond acceptors (Lipinski definition) is 3. The Morgan fingerprint density at radius 2 is 1.73 bits per heavy atom. The van der Waals surface area contributed by atoms with Gasteiger partial charge in [0, 0.05) is 29.5 Å². The molecule has 1 aromatic carbocycles. The Bertz CT molecular complexity index is 998. The Balaban J connectivity index is 2.33. The standard InChI is InChI=1S/C24H33N3O3/c1-15(2)11-13-27-14-12-16(3)20(23(27)30)22(29)25-19-10-8-9-18(17(19)4)21(28)26-24(5,6)7/h8-10,12,14-15H,11,13H2,1-7H3,(H,25,29)(H,26,28). The minimum atomic E-state index is -0.465. The van der Waals surface area contributed by atoms with Crippen LogP contribution in [0.15, 0.2) is 35.3 Å². The Labute approximate surface area is 178 Å². The maximum atomic E-state index is 13.0. The average Bonchev–Trinajstić information content (AvgIpc) is 2.61. The molecule has 162 valence electrons. The predicted molar refractivity (Wildman–Crippen MR) is 121 cm³/mol. The molecule has 0 saturated heterocycles. The van der Waals surface area contributed by atoms with Crippen molar-refractivity contribution in [3.8, 4) is 0 Å². The van der Waals surface area contributed by atoms with Gasteiger partial charge in [0.1, 0.15) is 5.56 Å². The van der Waals surface area contributed by atoms with Crippen molar-refractivity contribution in [2.75, 3.05) is 5.32 Å². The van der Waals surface area contributed by atoms with Gasteiger partial charge in [-0.15, -0.1) is 0 Å². The van der Waals surface area contributed by atoms with Crippen molar-refractivity contribution in [2.24, 2.45) is 5.92 Å². The number of carbonyl (C=O) groups is 2. The monoisotopic (exact) mass is 411 g/mol. The molecule has 0 unspecified atom stereocenters. The van der Waals surface area contributed by atoms with Gasteiger partial charge in [0.15, 0.2) is 0 Å². The number of pyridine rings is 1. The van der Waals surface area contributed by atoms with Gasteiger partial charge >= 0.3 is 0 Å². The molecule has 0 spiro atoms. The summed E-state index contributed by atoms with van der Waals surface area (Å²) in [6, 6.07) is 6.96. The number of rotatable bonds is 6. The lowest BCUT2D eigenvalue weighted by atomic mass is 10.0. The normalized spacial score (nSPS) is 11.5. The summed E-state index contributed by atoms with van der Waals surface area (Å²) in [5.41, 5.74) is 1.74. The third-order valence-electron chi connectivity index (χ3n) is 4.86. The number of benzene rings is 1. The number of anilines is 1. The molecule has 2 N–H and O–H groups in total. The highest BCUT2D eigenvalue weighted by Gasteiger charge is 2.20. The van der Waals surface area contributed by atoms with E-state index in [1.807, 2.05) is 20.8 Å². The molecule has 2 rings (SSSR count). The van der Waals surface area contributed by atoms with E-state index in [1.54, 1.807) is 48.9 Å². The van der Waals surface area contributed by atoms with Gasteiger partial charge in [0.2, 0.25) is 0 Å². The Hall–Kier alpha value is -2.89. The lowest BCUT2D eigenvalue weighted by molar-refractivity contribution is 0.0917. The highest BCUT2D eigenvalue weighted by molar-refractivity contribution is 6.06. The molecule has 2 amide bonds. The van der Waals surface area contributed by atoms with Crippen LogP contribution in [-0.2, 0) is 6.54 Å². The van der Waals surface area contributed by atoms with Gasteiger partial charge < -0.3 is 15.2 Å². The van der Waals surface area contributed by atoms with Crippen LogP contribution in [0.25, 0.3) is 0 Å². The van der Waals surface area contributed by atoms with Gasteiger partial charge in [-0.2, -0.15) is 0 Å². The second-order valence-corrected chi connectivity index (χ2v) is 9.19. The summed E-state index contributed by atoms with van der Waals surface area (Å²) in [6.45, 7) is 14.0. The Morgan fingerprint density at radius 1 is 1.07 bits per heavy atom. The van der Waals surface area contributed by atoms with Crippen LogP contribution in [0.4, 0.5) is 5.69 Å². The van der Waals surface area contributed by atoms with Crippen LogP contribution in [0.1, 0.15) is 72.9 Å². The lowest BCUT2D eigenvalue weighted by Crippen LogP contribution is -2.40. The molecular formula is C24H33N3O3. The average molecular weight is 412 g/mol. The van der Waals surface area contributed by atoms with E-state index in [4.69, 9.17) is 0 Å². The fourth-order valence-corrected chi connectivity index (χ4v) is 3.12. The van der Waals surface area contributed by atoms with E-state index in [2.05, 4.69) is 24.5 Å². The zero-order valence-corrected chi connectivity index (χ0v) is 19.1. The summed E-state index contributed by atoms with van der Waals surface area (Å²) in [5, 5.41) is 5.76. The summed E-state index contributed by atoms with van der Waals surface area (Å²) in [4.78, 5) is 38.5. The molecule has 0 aliphatic carbocycles. The molecule has 0 aliphatic heterocycles. The number of hydrogen-bond donors (Lipinski definition) is 2. The summed E-state index contributed by atoms with van der Waals surface area (Å²) in [7, 11) is 0. The predicted octanol–water partition coefficient (Wildman–Crippen LogP) is 4.29. The van der Waals surface area contributed by atoms with Crippen LogP contribution in [0.5, 0.6) is 0 Å². The number of amides is 2. The lowest BCUT2D eigenvalue weighted by Gasteiger charge is -2.22. The fraction of sp³-hybridized carbons (Fsp3) is 0.458. The van der Waals surface area contributed by atoms with E-state index in [0.29, 0.717) is 34.8 Å². The number of aromatic nitrogens is 1. The van der Waals surface area contributed by atoms with Crippen LogP contribution in [0.2, 0.25) is 0 Å². The first-order chi connectivity index (χ1) is 13.9. The fourth-order valence-electron chi connectivity index (χ4n) is 3.12. The van der Waals surface area contributed by atoms with E-state index < -0.39 is 5.91 Å². The SMILES string of the molecule is Cc1ccn(CCC(C)C)c(=O)c1C(=O)Nc1cccc(C(=O)NC(C)(C)C)c1C. The van der Waals surface area contributed by atoms with Crippen molar-refractivity contribution in [2.45, 2.75) is 67.0 Å². The van der Waals surface area contributed by atoms with Crippen LogP contribution >= 0.6 is 0 Å². The Morgan fingerprint density at radius 3 is 2.33 bits per heavy atom. The van der Waals surface area contributed by atoms with E-state index in [1.165, 1.54) is 0 Å². The summed E-state index contributed by atoms with van der Waals surface area (Å²) >= 11 is 0. The summed E-state index contributed by atoms with van der Waals surface area (Å²) in [6.07, 6.45) is 2.59. The number of aryl methyl sites for hydroxylation is 2. The number of carbonyl (C=O) groups excluding carboxylic acids is 2. The van der Waals surface area contributed by atoms with Gasteiger partial charge in [-0.1, -0.05) is 19.9 Å². The van der Waals surface area contributed by atoms with Gasteiger partial charge in [0.25, 0.3) is 17.4 Å². The molecule has 6 nitrogen and oxygen atoms in total. The maximum Gasteiger partial charge on any atom is 0.263 e. The van der Waals surface area contributed by atoms with Crippen molar-refractivity contribution in [3.05, 3.63) is 63.1 Å². The molecule has 0 fully saturated rings. The molecular weight excluding hydrogens is 378 g/mol. The Kier molecular flexibility index (Phi) is 7.24. The van der Waals surface area contributed by atoms with Crippen LogP contribution in [0, 0.1) is 19.8 Å². The molecule has 0 bridgehead atoms. The molecule has 30 heavy (non-hydrogen) atoms. The molecule has 6 heteroatoms. The van der Waals surface area contributed by atoms with E-state index >= 15 is 0 Å². The van der Waals surface area contributed by atoms with Crippen molar-refractivity contribution >= 4 is 17.5 Å². The zero-order chi connectivity index (χ0) is 22.6. The highest BCUT2D eigenvalue weighted by Crippen LogP contribution is 2.21. The van der Waals surface area contributed by atoms with Gasteiger partial charge in [-0.3, -0.25) is 14.4 Å². The molecule has 0 saturated carbocycles. The van der Waals surface area contributed by atoms with Crippen LogP contribution < -0.4 is 16.2 Å². The maximum absolute atomic E-state index is 13.0. The number of nitrogens with zero attached hydrogens (tertiary/aromatic N) is 1. The molecule has 2 aromatic rings. The molecule has 0 radical (unpaired) electrons. The quantitative estimate of drug-likeness (QED) is 0.744. The largest absolute Gasteiger partial charge is 0.347 e. The van der Waals surface area contributed by atoms with Gasteiger partial charge in [-0.05, 0) is 76.3 Å². The first kappa shape index (κ1) is 23.4. The first-order valence-electron chi connectivity index (χ1n) is 10.3. The van der Waals surface area contributed by atoms with E-state index in [9.17, 15) is 14.4 Å². The van der Waals surface area contributed by atoms with E-state index in [0.717, 1.165) is 6.42 Å². The minimum Gasteiger partial charge on any atom is -0.347 e. The second kappa shape index (κ2) is 9.28. The third-order valence-corrected chi connectivity index (χ3v) is 4.86. The van der Waals surface area contributed by atoms with Crippen LogP contribution in [0.3, 0.4) is 0 Å². The first-order valence-corrected chi connectivity index (χ1v) is 10.3. The molecule has 1 aromatic heterocycles. The molecule has 0 atom stereocenters.